The second-order valence-electron chi connectivity index (χ2n) is 6.70. The Morgan fingerprint density at radius 1 is 0.909 bits per heavy atom. The van der Waals surface area contributed by atoms with Gasteiger partial charge in [-0.1, -0.05) is 54.6 Å². The minimum atomic E-state index is -0.177. The molecule has 1 saturated carbocycles. The van der Waals surface area contributed by atoms with Gasteiger partial charge in [0.05, 0.1) is 6.10 Å². The van der Waals surface area contributed by atoms with Crippen molar-refractivity contribution >= 4 is 0 Å². The molecule has 0 aromatic heterocycles. The molecule has 1 N–H and O–H groups in total. The van der Waals surface area contributed by atoms with Crippen LogP contribution in [0, 0.1) is 5.92 Å². The Bertz CT molecular complexity index is 591. The van der Waals surface area contributed by atoms with Crippen LogP contribution in [0.25, 0.3) is 11.1 Å². The van der Waals surface area contributed by atoms with Crippen molar-refractivity contribution in [2.75, 3.05) is 14.1 Å². The van der Waals surface area contributed by atoms with Crippen LogP contribution in [0.1, 0.15) is 18.4 Å². The molecule has 0 saturated heterocycles. The van der Waals surface area contributed by atoms with Gasteiger partial charge < -0.3 is 10.0 Å². The lowest BCUT2D eigenvalue weighted by Gasteiger charge is -2.22. The zero-order chi connectivity index (χ0) is 15.5. The van der Waals surface area contributed by atoms with E-state index in [0.29, 0.717) is 12.0 Å². The molecule has 0 radical (unpaired) electrons. The van der Waals surface area contributed by atoms with E-state index >= 15 is 0 Å². The average molecular weight is 295 g/mol. The Balaban J connectivity index is 1.65. The first-order valence-corrected chi connectivity index (χ1v) is 8.12. The molecule has 1 aliphatic rings. The fourth-order valence-electron chi connectivity index (χ4n) is 3.61. The van der Waals surface area contributed by atoms with Gasteiger partial charge >= 0.3 is 0 Å². The summed E-state index contributed by atoms with van der Waals surface area (Å²) in [6.07, 6.45) is 2.90. The number of aliphatic hydroxyl groups is 1. The number of nitrogens with zero attached hydrogens (tertiary/aromatic N) is 1. The Hall–Kier alpha value is -1.64. The number of aliphatic hydroxyl groups excluding tert-OH is 1. The minimum Gasteiger partial charge on any atom is -0.391 e. The van der Waals surface area contributed by atoms with Crippen LogP contribution in [0.5, 0.6) is 0 Å². The molecule has 3 rings (SSSR count). The molecule has 0 bridgehead atoms. The topological polar surface area (TPSA) is 23.5 Å². The molecule has 0 aliphatic heterocycles. The number of hydrogen-bond donors (Lipinski definition) is 1. The van der Waals surface area contributed by atoms with E-state index in [0.717, 1.165) is 19.3 Å². The predicted molar refractivity (Wildman–Crippen MR) is 91.8 cm³/mol. The third-order valence-corrected chi connectivity index (χ3v) is 4.84. The average Bonchev–Trinajstić information content (AvgIpc) is 2.90. The van der Waals surface area contributed by atoms with Gasteiger partial charge in [0.2, 0.25) is 0 Å². The van der Waals surface area contributed by atoms with Gasteiger partial charge in [-0.05, 0) is 56.0 Å². The number of benzene rings is 2. The summed E-state index contributed by atoms with van der Waals surface area (Å²) in [6, 6.07) is 19.7. The van der Waals surface area contributed by atoms with Crippen LogP contribution in [0.15, 0.2) is 54.6 Å². The van der Waals surface area contributed by atoms with Gasteiger partial charge in [0.1, 0.15) is 0 Å². The van der Waals surface area contributed by atoms with Gasteiger partial charge in [0, 0.05) is 6.04 Å². The van der Waals surface area contributed by atoms with Crippen LogP contribution in [0.4, 0.5) is 0 Å². The van der Waals surface area contributed by atoms with E-state index in [1.165, 1.54) is 16.7 Å². The number of likely N-dealkylation sites (N-methyl/N-ethyl adjacent to an activating group) is 1. The highest BCUT2D eigenvalue weighted by atomic mass is 16.3. The lowest BCUT2D eigenvalue weighted by Crippen LogP contribution is -2.34. The fraction of sp³-hybridized carbons (Fsp3) is 0.400. The molecule has 0 heterocycles. The Kier molecular flexibility index (Phi) is 4.60. The Morgan fingerprint density at radius 2 is 1.55 bits per heavy atom. The molecule has 2 heteroatoms. The first-order chi connectivity index (χ1) is 10.6. The lowest BCUT2D eigenvalue weighted by atomic mass is 9.96. The van der Waals surface area contributed by atoms with Crippen molar-refractivity contribution in [1.82, 2.24) is 4.90 Å². The maximum Gasteiger partial charge on any atom is 0.0698 e. The molecular formula is C20H25NO. The van der Waals surface area contributed by atoms with Crippen LogP contribution in [0.3, 0.4) is 0 Å². The quantitative estimate of drug-likeness (QED) is 0.931. The summed E-state index contributed by atoms with van der Waals surface area (Å²) in [7, 11) is 4.12. The molecule has 116 valence electrons. The van der Waals surface area contributed by atoms with Crippen molar-refractivity contribution in [3.63, 3.8) is 0 Å². The van der Waals surface area contributed by atoms with Gasteiger partial charge in [0.25, 0.3) is 0 Å². The Labute approximate surface area is 133 Å². The van der Waals surface area contributed by atoms with Crippen LogP contribution < -0.4 is 0 Å². The standard InChI is InChI=1S/C20H25NO/c1-21(2)19-13-16(14-20(19)22)12-15-8-10-18(11-9-15)17-6-4-3-5-7-17/h3-11,16,19-20,22H,12-14H2,1-2H3/t16-,19+,20+/m1/s1. The van der Waals surface area contributed by atoms with Crippen molar-refractivity contribution in [1.29, 1.82) is 0 Å². The second kappa shape index (κ2) is 6.64. The zero-order valence-electron chi connectivity index (χ0n) is 13.4. The molecule has 3 atom stereocenters. The highest BCUT2D eigenvalue weighted by Crippen LogP contribution is 2.31. The van der Waals surface area contributed by atoms with Crippen molar-refractivity contribution in [3.8, 4) is 11.1 Å². The van der Waals surface area contributed by atoms with E-state index < -0.39 is 0 Å². The smallest absolute Gasteiger partial charge is 0.0698 e. The van der Waals surface area contributed by atoms with Crippen molar-refractivity contribution < 1.29 is 5.11 Å². The fourth-order valence-corrected chi connectivity index (χ4v) is 3.61. The van der Waals surface area contributed by atoms with Gasteiger partial charge in [0.15, 0.2) is 0 Å². The SMILES string of the molecule is CN(C)[C@H]1C[C@@H](Cc2ccc(-c3ccccc3)cc2)C[C@@H]1O. The maximum absolute atomic E-state index is 10.2. The first-order valence-electron chi connectivity index (χ1n) is 8.12. The van der Waals surface area contributed by atoms with Crippen molar-refractivity contribution in [2.24, 2.45) is 5.92 Å². The summed E-state index contributed by atoms with van der Waals surface area (Å²) in [5.41, 5.74) is 3.90. The molecule has 22 heavy (non-hydrogen) atoms. The molecular weight excluding hydrogens is 270 g/mol. The Morgan fingerprint density at radius 3 is 2.14 bits per heavy atom. The zero-order valence-corrected chi connectivity index (χ0v) is 13.4. The highest BCUT2D eigenvalue weighted by molar-refractivity contribution is 5.63. The summed E-state index contributed by atoms with van der Waals surface area (Å²) in [5, 5.41) is 10.2. The van der Waals surface area contributed by atoms with Crippen molar-refractivity contribution in [2.45, 2.75) is 31.4 Å². The second-order valence-corrected chi connectivity index (χ2v) is 6.70. The third kappa shape index (κ3) is 3.40. The normalized spacial score (nSPS) is 24.8. The van der Waals surface area contributed by atoms with E-state index in [2.05, 4.69) is 67.5 Å². The van der Waals surface area contributed by atoms with Crippen LogP contribution in [0.2, 0.25) is 0 Å². The third-order valence-electron chi connectivity index (χ3n) is 4.84. The summed E-state index contributed by atoms with van der Waals surface area (Å²) in [4.78, 5) is 2.16. The number of hydrogen-bond acceptors (Lipinski definition) is 2. The molecule has 1 fully saturated rings. The van der Waals surface area contributed by atoms with E-state index in [9.17, 15) is 5.11 Å². The molecule has 1 aliphatic carbocycles. The van der Waals surface area contributed by atoms with E-state index in [4.69, 9.17) is 0 Å². The van der Waals surface area contributed by atoms with E-state index in [-0.39, 0.29) is 6.10 Å². The first kappa shape index (κ1) is 15.3. The van der Waals surface area contributed by atoms with Crippen LogP contribution in [-0.2, 0) is 6.42 Å². The van der Waals surface area contributed by atoms with Crippen LogP contribution in [-0.4, -0.2) is 36.2 Å². The van der Waals surface area contributed by atoms with Gasteiger partial charge in [-0.3, -0.25) is 0 Å². The van der Waals surface area contributed by atoms with Gasteiger partial charge in [-0.2, -0.15) is 0 Å². The largest absolute Gasteiger partial charge is 0.391 e. The molecule has 2 aromatic rings. The molecule has 0 unspecified atom stereocenters. The van der Waals surface area contributed by atoms with Crippen LogP contribution >= 0.6 is 0 Å². The molecule has 0 amide bonds. The van der Waals surface area contributed by atoms with Gasteiger partial charge in [-0.15, -0.1) is 0 Å². The minimum absolute atomic E-state index is 0.177. The monoisotopic (exact) mass is 295 g/mol. The van der Waals surface area contributed by atoms with E-state index in [1.807, 2.05) is 6.07 Å². The predicted octanol–water partition coefficient (Wildman–Crippen LogP) is 3.60. The maximum atomic E-state index is 10.2. The van der Waals surface area contributed by atoms with Crippen molar-refractivity contribution in [3.05, 3.63) is 60.2 Å². The summed E-state index contributed by atoms with van der Waals surface area (Å²) in [6.45, 7) is 0. The van der Waals surface area contributed by atoms with Gasteiger partial charge in [-0.25, -0.2) is 0 Å². The lowest BCUT2D eigenvalue weighted by molar-refractivity contribution is 0.0997. The molecule has 2 nitrogen and oxygen atoms in total. The number of rotatable bonds is 4. The highest BCUT2D eigenvalue weighted by Gasteiger charge is 2.33. The summed E-state index contributed by atoms with van der Waals surface area (Å²) < 4.78 is 0. The molecule has 2 aromatic carbocycles. The molecule has 0 spiro atoms. The summed E-state index contributed by atoms with van der Waals surface area (Å²) in [5.74, 6) is 0.588. The van der Waals surface area contributed by atoms with E-state index in [1.54, 1.807) is 0 Å². The summed E-state index contributed by atoms with van der Waals surface area (Å²) >= 11 is 0.